The molecule has 2 aliphatic heterocycles. The monoisotopic (exact) mass is 597 g/mol. The van der Waals surface area contributed by atoms with Crippen LogP contribution in [-0.2, 0) is 19.6 Å². The van der Waals surface area contributed by atoms with Crippen LogP contribution in [0.25, 0.3) is 0 Å². The number of nitrogens with one attached hydrogen (secondary N) is 2. The summed E-state index contributed by atoms with van der Waals surface area (Å²) in [5, 5.41) is 5.26. The van der Waals surface area contributed by atoms with E-state index in [4.69, 9.17) is 0 Å². The van der Waals surface area contributed by atoms with Gasteiger partial charge < -0.3 is 15.5 Å². The van der Waals surface area contributed by atoms with Gasteiger partial charge in [-0.2, -0.15) is 17.5 Å². The summed E-state index contributed by atoms with van der Waals surface area (Å²) in [6, 6.07) is 8.48. The lowest BCUT2D eigenvalue weighted by Gasteiger charge is -2.34. The first-order valence-electron chi connectivity index (χ1n) is 13.9. The number of benzene rings is 1. The van der Waals surface area contributed by atoms with E-state index in [2.05, 4.69) is 20.4 Å². The summed E-state index contributed by atoms with van der Waals surface area (Å²) in [7, 11) is -3.47. The summed E-state index contributed by atoms with van der Waals surface area (Å²) < 4.78 is 66.7. The van der Waals surface area contributed by atoms with Gasteiger partial charge in [0, 0.05) is 63.8 Å². The molecule has 2 heterocycles. The van der Waals surface area contributed by atoms with Crippen molar-refractivity contribution < 1.29 is 31.2 Å². The molecular formula is C28H38F3N5O4S. The zero-order valence-electron chi connectivity index (χ0n) is 23.1. The molecule has 226 valence electrons. The van der Waals surface area contributed by atoms with Crippen LogP contribution < -0.4 is 10.6 Å². The fraction of sp³-hybridized carbons (Fsp3) is 0.571. The van der Waals surface area contributed by atoms with Gasteiger partial charge in [-0.1, -0.05) is 43.4 Å². The van der Waals surface area contributed by atoms with E-state index < -0.39 is 33.9 Å². The van der Waals surface area contributed by atoms with E-state index in [1.807, 2.05) is 0 Å². The highest BCUT2D eigenvalue weighted by Crippen LogP contribution is 2.38. The van der Waals surface area contributed by atoms with E-state index in [1.54, 1.807) is 34.6 Å². The number of alkyl halides is 3. The SMILES string of the molecule is CC1C(C(=O)NCC(=O)NCC2CCN(CCN3CCN(S(=O)(=O)c4ccccc4)CC3)C2)=CC=CC1C(F)(F)F. The minimum atomic E-state index is -4.44. The second kappa shape index (κ2) is 13.5. The van der Waals surface area contributed by atoms with Gasteiger partial charge in [-0.3, -0.25) is 14.5 Å². The maximum Gasteiger partial charge on any atom is 0.395 e. The van der Waals surface area contributed by atoms with Gasteiger partial charge in [0.2, 0.25) is 21.8 Å². The number of piperazine rings is 1. The van der Waals surface area contributed by atoms with Crippen LogP contribution in [0.15, 0.2) is 59.0 Å². The Morgan fingerprint density at radius 1 is 0.976 bits per heavy atom. The van der Waals surface area contributed by atoms with Gasteiger partial charge in [0.25, 0.3) is 0 Å². The molecule has 0 saturated carbocycles. The number of amides is 2. The summed E-state index contributed by atoms with van der Waals surface area (Å²) in [5.74, 6) is -3.54. The maximum absolute atomic E-state index is 13.2. The minimum Gasteiger partial charge on any atom is -0.354 e. The highest BCUT2D eigenvalue weighted by Gasteiger charge is 2.44. The van der Waals surface area contributed by atoms with E-state index in [0.717, 1.165) is 38.7 Å². The van der Waals surface area contributed by atoms with Gasteiger partial charge in [0.1, 0.15) is 0 Å². The number of halogens is 3. The number of rotatable bonds is 10. The molecule has 2 fully saturated rings. The summed E-state index contributed by atoms with van der Waals surface area (Å²) in [6.07, 6.45) is 0.113. The van der Waals surface area contributed by atoms with Gasteiger partial charge in [0.05, 0.1) is 17.4 Å². The van der Waals surface area contributed by atoms with Gasteiger partial charge in [-0.15, -0.1) is 0 Å². The Hall–Kier alpha value is -2.74. The van der Waals surface area contributed by atoms with Crippen LogP contribution in [0.2, 0.25) is 0 Å². The van der Waals surface area contributed by atoms with Crippen molar-refractivity contribution in [2.75, 3.05) is 65.4 Å². The van der Waals surface area contributed by atoms with Gasteiger partial charge in [-0.05, 0) is 31.0 Å². The third kappa shape index (κ3) is 8.18. The van der Waals surface area contributed by atoms with Crippen molar-refractivity contribution in [2.24, 2.45) is 17.8 Å². The number of hydrogen-bond donors (Lipinski definition) is 2. The number of carbonyl (C=O) groups excluding carboxylic acids is 2. The lowest BCUT2D eigenvalue weighted by atomic mass is 9.82. The molecule has 4 rings (SSSR count). The average Bonchev–Trinajstić information content (AvgIpc) is 3.41. The number of nitrogens with zero attached hydrogens (tertiary/aromatic N) is 3. The topological polar surface area (TPSA) is 102 Å². The van der Waals surface area contributed by atoms with E-state index in [1.165, 1.54) is 19.1 Å². The average molecular weight is 598 g/mol. The van der Waals surface area contributed by atoms with E-state index >= 15 is 0 Å². The van der Waals surface area contributed by atoms with Crippen molar-refractivity contribution in [3.8, 4) is 0 Å². The van der Waals surface area contributed by atoms with Crippen molar-refractivity contribution in [3.05, 3.63) is 54.1 Å². The van der Waals surface area contributed by atoms with Gasteiger partial charge >= 0.3 is 6.18 Å². The van der Waals surface area contributed by atoms with Crippen molar-refractivity contribution in [2.45, 2.75) is 24.4 Å². The molecule has 41 heavy (non-hydrogen) atoms. The van der Waals surface area contributed by atoms with Crippen molar-refractivity contribution in [1.29, 1.82) is 0 Å². The molecule has 3 aliphatic rings. The molecule has 0 spiro atoms. The summed E-state index contributed by atoms with van der Waals surface area (Å²) in [5.41, 5.74) is 0.00768. The predicted molar refractivity (Wildman–Crippen MR) is 148 cm³/mol. The quantitative estimate of drug-likeness (QED) is 0.427. The zero-order valence-corrected chi connectivity index (χ0v) is 24.0. The Morgan fingerprint density at radius 2 is 1.66 bits per heavy atom. The fourth-order valence-corrected chi connectivity index (χ4v) is 6.99. The fourth-order valence-electron chi connectivity index (χ4n) is 5.55. The van der Waals surface area contributed by atoms with Crippen molar-refractivity contribution in [3.63, 3.8) is 0 Å². The van der Waals surface area contributed by atoms with E-state index in [0.29, 0.717) is 37.6 Å². The van der Waals surface area contributed by atoms with Crippen molar-refractivity contribution >= 4 is 21.8 Å². The molecule has 2 saturated heterocycles. The molecule has 0 aromatic heterocycles. The Bertz CT molecular complexity index is 1230. The lowest BCUT2D eigenvalue weighted by Crippen LogP contribution is -2.50. The van der Waals surface area contributed by atoms with Gasteiger partial charge in [0.15, 0.2) is 0 Å². The molecule has 1 aromatic carbocycles. The zero-order chi connectivity index (χ0) is 29.6. The number of likely N-dealkylation sites (tertiary alicyclic amines) is 1. The molecule has 2 N–H and O–H groups in total. The number of carbonyl (C=O) groups is 2. The normalized spacial score (nSPS) is 24.7. The minimum absolute atomic E-state index is 0.00768. The van der Waals surface area contributed by atoms with Crippen LogP contribution in [0.1, 0.15) is 13.3 Å². The Balaban J connectivity index is 1.11. The molecule has 3 atom stereocenters. The molecule has 0 radical (unpaired) electrons. The van der Waals surface area contributed by atoms with Crippen molar-refractivity contribution in [1.82, 2.24) is 24.7 Å². The van der Waals surface area contributed by atoms with Crippen LogP contribution in [0.3, 0.4) is 0 Å². The van der Waals surface area contributed by atoms with E-state index in [-0.39, 0.29) is 23.9 Å². The van der Waals surface area contributed by atoms with Crippen LogP contribution in [0.4, 0.5) is 13.2 Å². The van der Waals surface area contributed by atoms with Crippen LogP contribution >= 0.6 is 0 Å². The van der Waals surface area contributed by atoms with Crippen LogP contribution in [-0.4, -0.2) is 106 Å². The maximum atomic E-state index is 13.2. The number of sulfonamides is 1. The molecular weight excluding hydrogens is 559 g/mol. The van der Waals surface area contributed by atoms with Gasteiger partial charge in [-0.25, -0.2) is 8.42 Å². The summed E-state index contributed by atoms with van der Waals surface area (Å²) in [6.45, 7) is 7.19. The summed E-state index contributed by atoms with van der Waals surface area (Å²) >= 11 is 0. The third-order valence-electron chi connectivity index (χ3n) is 8.08. The Morgan fingerprint density at radius 3 is 2.34 bits per heavy atom. The number of allylic oxidation sites excluding steroid dienone is 3. The first-order chi connectivity index (χ1) is 19.4. The highest BCUT2D eigenvalue weighted by atomic mass is 32.2. The van der Waals surface area contributed by atoms with E-state index in [9.17, 15) is 31.2 Å². The van der Waals surface area contributed by atoms with Crippen LogP contribution in [0.5, 0.6) is 0 Å². The first kappa shape index (κ1) is 31.2. The number of hydrogen-bond acceptors (Lipinski definition) is 6. The molecule has 2 amide bonds. The second-order valence-electron chi connectivity index (χ2n) is 10.9. The highest BCUT2D eigenvalue weighted by molar-refractivity contribution is 7.89. The Kier molecular flexibility index (Phi) is 10.3. The molecule has 13 heteroatoms. The largest absolute Gasteiger partial charge is 0.395 e. The third-order valence-corrected chi connectivity index (χ3v) is 9.99. The molecule has 1 aromatic rings. The predicted octanol–water partition coefficient (Wildman–Crippen LogP) is 1.86. The summed E-state index contributed by atoms with van der Waals surface area (Å²) in [4.78, 5) is 29.6. The second-order valence-corrected chi connectivity index (χ2v) is 12.8. The molecule has 3 unspecified atom stereocenters. The molecule has 9 nitrogen and oxygen atoms in total. The smallest absolute Gasteiger partial charge is 0.354 e. The lowest BCUT2D eigenvalue weighted by molar-refractivity contribution is -0.170. The standard InChI is InChI=1S/C28H38F3N5O4S/c1-21-24(8-5-9-25(21)28(29,30)31)27(38)33-19-26(37)32-18-22-10-11-35(20-22)13-12-34-14-16-36(17-15-34)41(39,40)23-6-3-2-4-7-23/h2-9,21-22,25H,10-20H2,1H3,(H,32,37)(H,33,38). The molecule has 1 aliphatic carbocycles. The Labute approximate surface area is 239 Å². The molecule has 0 bridgehead atoms. The van der Waals surface area contributed by atoms with Crippen LogP contribution in [0, 0.1) is 17.8 Å². The first-order valence-corrected chi connectivity index (χ1v) is 15.4.